The molecule has 0 radical (unpaired) electrons. The Morgan fingerprint density at radius 2 is 1.54 bits per heavy atom. The third kappa shape index (κ3) is 11.1. The van der Waals surface area contributed by atoms with Crippen molar-refractivity contribution in [1.82, 2.24) is 5.32 Å². The van der Waals surface area contributed by atoms with Gasteiger partial charge in [-0.1, -0.05) is 33.8 Å². The molecule has 1 amide bonds. The van der Waals surface area contributed by atoms with Gasteiger partial charge in [0.05, 0.1) is 10.8 Å². The summed E-state index contributed by atoms with van der Waals surface area (Å²) in [6.45, 7) is 22.7. The maximum Gasteiger partial charge on any atom is 0.407 e. The number of esters is 1. The Morgan fingerprint density at radius 3 is 2.00 bits per heavy atom. The lowest BCUT2D eigenvalue weighted by molar-refractivity contribution is -0.385. The van der Waals surface area contributed by atoms with Crippen LogP contribution in [0.4, 0.5) is 10.5 Å². The lowest BCUT2D eigenvalue weighted by Gasteiger charge is -2.36. The van der Waals surface area contributed by atoms with Gasteiger partial charge in [0.2, 0.25) is 0 Å². The second-order valence-corrected chi connectivity index (χ2v) is 17.9. The lowest BCUT2D eigenvalue weighted by atomic mass is 9.95. The molecule has 1 aromatic carbocycles. The summed E-state index contributed by atoms with van der Waals surface area (Å²) in [6, 6.07) is 4.33. The number of ether oxygens (including phenoxy) is 2. The average molecular weight is 539 g/mol. The smallest absolute Gasteiger partial charge is 0.407 e. The van der Waals surface area contributed by atoms with Crippen molar-refractivity contribution in [1.29, 1.82) is 0 Å². The van der Waals surface area contributed by atoms with E-state index in [0.29, 0.717) is 5.56 Å². The molecule has 0 aliphatic heterocycles. The summed E-state index contributed by atoms with van der Waals surface area (Å²) in [5.74, 6) is -0.665. The van der Waals surface area contributed by atoms with E-state index in [1.165, 1.54) is 6.07 Å². The van der Waals surface area contributed by atoms with Crippen LogP contribution in [-0.2, 0) is 20.7 Å². The minimum atomic E-state index is -2.30. The molecule has 0 fully saturated rings. The zero-order valence-electron chi connectivity index (χ0n) is 24.6. The predicted molar refractivity (Wildman–Crippen MR) is 147 cm³/mol. The van der Waals surface area contributed by atoms with Crippen LogP contribution in [0.25, 0.3) is 0 Å². The molecule has 0 aromatic heterocycles. The number of carbonyl (C=O) groups excluding carboxylic acids is 2. The molecule has 9 nitrogen and oxygen atoms in total. The number of carbonyl (C=O) groups is 2. The van der Waals surface area contributed by atoms with Crippen LogP contribution in [-0.4, -0.2) is 42.5 Å². The molecule has 37 heavy (non-hydrogen) atoms. The van der Waals surface area contributed by atoms with Gasteiger partial charge in [-0.05, 0) is 84.1 Å². The fourth-order valence-electron chi connectivity index (χ4n) is 3.22. The molecule has 10 heteroatoms. The number of alkyl carbamates (subject to hydrolysis) is 1. The summed E-state index contributed by atoms with van der Waals surface area (Å²) in [5, 5.41) is 14.6. The predicted octanol–water partition coefficient (Wildman–Crippen LogP) is 6.78. The fourth-order valence-corrected chi connectivity index (χ4v) is 4.25. The number of nitro benzene ring substituents is 1. The molecule has 0 aliphatic rings. The van der Waals surface area contributed by atoms with E-state index in [1.807, 2.05) is 13.1 Å². The van der Waals surface area contributed by atoms with Gasteiger partial charge in [0.15, 0.2) is 5.75 Å². The molecule has 1 N–H and O–H groups in total. The second kappa shape index (κ2) is 11.8. The van der Waals surface area contributed by atoms with E-state index in [1.54, 1.807) is 60.6 Å². The number of nitro groups is 1. The summed E-state index contributed by atoms with van der Waals surface area (Å²) in [6.07, 6.45) is -0.0983. The first kappa shape index (κ1) is 32.4. The Morgan fingerprint density at radius 1 is 1.00 bits per heavy atom. The standard InChI is InChI=1S/C27H46N2O7Si/c1-18(23(30)34-25(2,3)4)15-20(28-24(31)35-26(5,6)7)16-19-13-14-22(21(17-19)29(32)33)36-37(11,12)27(8,9)10/h13-14,17-18,20H,15-16H2,1-12H3,(H,28,31)/t18?,20-/m1/s1. The number of nitrogens with zero attached hydrogens (tertiary/aromatic N) is 1. The van der Waals surface area contributed by atoms with Crippen molar-refractivity contribution < 1.29 is 28.4 Å². The third-order valence-electron chi connectivity index (χ3n) is 6.04. The number of hydrogen-bond acceptors (Lipinski definition) is 7. The summed E-state index contributed by atoms with van der Waals surface area (Å²) in [7, 11) is -2.30. The monoisotopic (exact) mass is 538 g/mol. The second-order valence-electron chi connectivity index (χ2n) is 13.1. The van der Waals surface area contributed by atoms with E-state index in [2.05, 4.69) is 26.1 Å². The number of hydrogen-bond donors (Lipinski definition) is 1. The zero-order chi connectivity index (χ0) is 29.0. The van der Waals surface area contributed by atoms with Crippen LogP contribution in [0.5, 0.6) is 5.75 Å². The molecule has 0 bridgehead atoms. The minimum Gasteiger partial charge on any atom is -0.539 e. The van der Waals surface area contributed by atoms with Gasteiger partial charge in [-0.25, -0.2) is 4.79 Å². The first-order valence-corrected chi connectivity index (χ1v) is 15.6. The molecule has 0 saturated carbocycles. The van der Waals surface area contributed by atoms with Crippen molar-refractivity contribution in [3.8, 4) is 5.75 Å². The van der Waals surface area contributed by atoms with E-state index in [9.17, 15) is 19.7 Å². The lowest BCUT2D eigenvalue weighted by Crippen LogP contribution is -2.44. The zero-order valence-corrected chi connectivity index (χ0v) is 25.6. The quantitative estimate of drug-likeness (QED) is 0.159. The van der Waals surface area contributed by atoms with Gasteiger partial charge in [0, 0.05) is 12.1 Å². The number of nitrogens with one attached hydrogen (secondary N) is 1. The van der Waals surface area contributed by atoms with Crippen LogP contribution in [0.3, 0.4) is 0 Å². The molecule has 1 aromatic rings. The van der Waals surface area contributed by atoms with Gasteiger partial charge in [0.1, 0.15) is 11.2 Å². The molecular formula is C27H46N2O7Si. The van der Waals surface area contributed by atoms with Crippen LogP contribution >= 0.6 is 0 Å². The van der Waals surface area contributed by atoms with Gasteiger partial charge in [-0.3, -0.25) is 14.9 Å². The van der Waals surface area contributed by atoms with Crippen molar-refractivity contribution in [2.75, 3.05) is 0 Å². The van der Waals surface area contributed by atoms with E-state index < -0.39 is 42.5 Å². The van der Waals surface area contributed by atoms with E-state index in [0.717, 1.165) is 0 Å². The molecule has 0 heterocycles. The molecule has 0 aliphatic carbocycles. The molecule has 210 valence electrons. The summed E-state index contributed by atoms with van der Waals surface area (Å²) in [5.41, 5.74) is -0.835. The number of amides is 1. The topological polar surface area (TPSA) is 117 Å². The minimum absolute atomic E-state index is 0.125. The Hall–Kier alpha value is -2.62. The van der Waals surface area contributed by atoms with Crippen molar-refractivity contribution in [2.24, 2.45) is 5.92 Å². The summed E-state index contributed by atoms with van der Waals surface area (Å²) >= 11 is 0. The Kier molecular flexibility index (Phi) is 10.4. The van der Waals surface area contributed by atoms with Crippen LogP contribution in [0.2, 0.25) is 18.1 Å². The number of rotatable bonds is 9. The highest BCUT2D eigenvalue weighted by molar-refractivity contribution is 6.74. The van der Waals surface area contributed by atoms with Crippen LogP contribution in [0.1, 0.15) is 81.2 Å². The average Bonchev–Trinajstić information content (AvgIpc) is 2.64. The summed E-state index contributed by atoms with van der Waals surface area (Å²) < 4.78 is 17.1. The van der Waals surface area contributed by atoms with Crippen LogP contribution < -0.4 is 9.74 Å². The van der Waals surface area contributed by atoms with E-state index >= 15 is 0 Å². The van der Waals surface area contributed by atoms with Crippen molar-refractivity contribution in [3.05, 3.63) is 33.9 Å². The maximum atomic E-state index is 12.6. The fraction of sp³-hybridized carbons (Fsp3) is 0.704. The van der Waals surface area contributed by atoms with Crippen molar-refractivity contribution in [3.63, 3.8) is 0 Å². The van der Waals surface area contributed by atoms with Gasteiger partial charge < -0.3 is 19.2 Å². The van der Waals surface area contributed by atoms with Crippen molar-refractivity contribution >= 4 is 26.1 Å². The first-order chi connectivity index (χ1) is 16.5. The molecular weight excluding hydrogens is 492 g/mol. The Balaban J connectivity index is 3.25. The highest BCUT2D eigenvalue weighted by Gasteiger charge is 2.40. The van der Waals surface area contributed by atoms with E-state index in [-0.39, 0.29) is 35.3 Å². The number of benzene rings is 1. The maximum absolute atomic E-state index is 12.6. The van der Waals surface area contributed by atoms with Crippen LogP contribution in [0.15, 0.2) is 18.2 Å². The largest absolute Gasteiger partial charge is 0.539 e. The highest BCUT2D eigenvalue weighted by Crippen LogP contribution is 2.40. The van der Waals surface area contributed by atoms with Crippen molar-refractivity contribution in [2.45, 2.75) is 117 Å². The summed E-state index contributed by atoms with van der Waals surface area (Å²) in [4.78, 5) is 36.6. The normalized spacial score (nSPS) is 14.4. The Labute approximate surface area is 222 Å². The van der Waals surface area contributed by atoms with E-state index in [4.69, 9.17) is 13.9 Å². The molecule has 0 saturated heterocycles. The molecule has 2 atom stereocenters. The van der Waals surface area contributed by atoms with Crippen LogP contribution in [0, 0.1) is 16.0 Å². The van der Waals surface area contributed by atoms with Gasteiger partial charge in [-0.2, -0.15) is 0 Å². The van der Waals surface area contributed by atoms with Gasteiger partial charge in [0.25, 0.3) is 8.32 Å². The molecule has 1 unspecified atom stereocenters. The van der Waals surface area contributed by atoms with Gasteiger partial charge in [-0.15, -0.1) is 0 Å². The molecule has 1 rings (SSSR count). The molecule has 0 spiro atoms. The third-order valence-corrected chi connectivity index (χ3v) is 10.4. The first-order valence-electron chi connectivity index (χ1n) is 12.7. The Bertz CT molecular complexity index is 972. The van der Waals surface area contributed by atoms with Gasteiger partial charge >= 0.3 is 17.7 Å². The highest BCUT2D eigenvalue weighted by atomic mass is 28.4. The SMILES string of the molecule is CC(C[C@H](Cc1ccc(O[Si](C)(C)C(C)(C)C)c([N+](=O)[O-])c1)NC(=O)OC(C)(C)C)C(=O)OC(C)(C)C.